The molecule has 0 radical (unpaired) electrons. The Morgan fingerprint density at radius 1 is 1.10 bits per heavy atom. The van der Waals surface area contributed by atoms with E-state index >= 15 is 0 Å². The molecule has 0 bridgehead atoms. The summed E-state index contributed by atoms with van der Waals surface area (Å²) in [6.07, 6.45) is 11.2. The molecule has 0 rings (SSSR count). The minimum atomic E-state index is -1.43. The van der Waals surface area contributed by atoms with E-state index in [2.05, 4.69) is 6.92 Å². The van der Waals surface area contributed by atoms with Crippen molar-refractivity contribution in [1.82, 2.24) is 0 Å². The van der Waals surface area contributed by atoms with Crippen molar-refractivity contribution in [3.8, 4) is 0 Å². The zero-order chi connectivity index (χ0) is 15.6. The van der Waals surface area contributed by atoms with Crippen molar-refractivity contribution in [3.05, 3.63) is 24.3 Å². The van der Waals surface area contributed by atoms with Crippen LogP contribution in [0.1, 0.15) is 59.8 Å². The molecule has 0 aromatic carbocycles. The Labute approximate surface area is 122 Å². The molecular weight excluding hydrogens is 252 g/mol. The largest absolute Gasteiger partial charge is 0.480 e. The molecule has 0 aliphatic rings. The van der Waals surface area contributed by atoms with Gasteiger partial charge in [0.05, 0.1) is 0 Å². The van der Waals surface area contributed by atoms with Crippen molar-refractivity contribution < 1.29 is 14.7 Å². The molecule has 0 saturated carbocycles. The van der Waals surface area contributed by atoms with Crippen LogP contribution in [0.5, 0.6) is 0 Å². The van der Waals surface area contributed by atoms with Crippen LogP contribution in [0.25, 0.3) is 0 Å². The van der Waals surface area contributed by atoms with E-state index in [9.17, 15) is 14.7 Å². The number of aliphatic carboxylic acids is 1. The number of hydrogen-bond donors (Lipinski definition) is 1. The van der Waals surface area contributed by atoms with E-state index in [1.54, 1.807) is 26.0 Å². The summed E-state index contributed by atoms with van der Waals surface area (Å²) in [4.78, 5) is 24.1. The number of carbonyl (C=O) groups excluding carboxylic acids is 1. The molecule has 20 heavy (non-hydrogen) atoms. The zero-order valence-corrected chi connectivity index (χ0v) is 13.2. The van der Waals surface area contributed by atoms with Gasteiger partial charge in [-0.2, -0.15) is 0 Å². The molecule has 0 aromatic heterocycles. The molecule has 0 saturated heterocycles. The number of carboxylic acid groups (broad SMARTS) is 1. The molecule has 0 aromatic rings. The lowest BCUT2D eigenvalue weighted by Gasteiger charge is -2.27. The molecule has 1 atom stereocenters. The highest BCUT2D eigenvalue weighted by atomic mass is 16.4. The zero-order valence-electron chi connectivity index (χ0n) is 13.2. The number of unbranched alkanes of at least 4 members (excludes halogenated alkanes) is 3. The quantitative estimate of drug-likeness (QED) is 0.279. The number of carbonyl (C=O) groups is 2. The lowest BCUT2D eigenvalue weighted by atomic mass is 9.73. The second-order valence-electron chi connectivity index (χ2n) is 5.43. The molecule has 3 nitrogen and oxygen atoms in total. The standard InChI is InChI=1S/C17H28O3/c1-5-7-9-11-13-17(14(3)4,16(19)20)15(18)12-10-8-6-2/h10-14H,5-9H2,1-4H3,(H,19,20). The van der Waals surface area contributed by atoms with E-state index in [1.165, 1.54) is 6.08 Å². The van der Waals surface area contributed by atoms with Gasteiger partial charge in [-0.15, -0.1) is 0 Å². The monoisotopic (exact) mass is 280 g/mol. The molecule has 0 heterocycles. The van der Waals surface area contributed by atoms with Crippen molar-refractivity contribution in [2.75, 3.05) is 0 Å². The van der Waals surface area contributed by atoms with Gasteiger partial charge in [0.25, 0.3) is 0 Å². The van der Waals surface area contributed by atoms with Crippen LogP contribution < -0.4 is 0 Å². The van der Waals surface area contributed by atoms with E-state index in [0.29, 0.717) is 0 Å². The van der Waals surface area contributed by atoms with Gasteiger partial charge in [-0.1, -0.05) is 65.2 Å². The van der Waals surface area contributed by atoms with E-state index < -0.39 is 11.4 Å². The van der Waals surface area contributed by atoms with E-state index in [1.807, 2.05) is 13.0 Å². The number of allylic oxidation sites excluding steroid dienone is 3. The van der Waals surface area contributed by atoms with Crippen LogP contribution in [0.3, 0.4) is 0 Å². The van der Waals surface area contributed by atoms with E-state index in [4.69, 9.17) is 0 Å². The molecule has 0 amide bonds. The highest BCUT2D eigenvalue weighted by Gasteiger charge is 2.45. The Morgan fingerprint density at radius 2 is 1.75 bits per heavy atom. The Bertz CT molecular complexity index is 366. The van der Waals surface area contributed by atoms with Gasteiger partial charge < -0.3 is 5.11 Å². The summed E-state index contributed by atoms with van der Waals surface area (Å²) in [5.41, 5.74) is -1.43. The summed E-state index contributed by atoms with van der Waals surface area (Å²) < 4.78 is 0. The first-order chi connectivity index (χ1) is 9.43. The predicted octanol–water partition coefficient (Wildman–Crippen LogP) is 4.39. The Kier molecular flexibility index (Phi) is 8.86. The Balaban J connectivity index is 5.27. The van der Waals surface area contributed by atoms with Crippen LogP contribution in [-0.4, -0.2) is 16.9 Å². The Hall–Kier alpha value is -1.38. The van der Waals surface area contributed by atoms with E-state index in [-0.39, 0.29) is 11.7 Å². The van der Waals surface area contributed by atoms with E-state index in [0.717, 1.165) is 32.1 Å². The van der Waals surface area contributed by atoms with Gasteiger partial charge in [-0.05, 0) is 24.8 Å². The van der Waals surface area contributed by atoms with Gasteiger partial charge >= 0.3 is 5.97 Å². The summed E-state index contributed by atoms with van der Waals surface area (Å²) in [5, 5.41) is 9.57. The first-order valence-electron chi connectivity index (χ1n) is 7.55. The van der Waals surface area contributed by atoms with Crippen LogP contribution >= 0.6 is 0 Å². The lowest BCUT2D eigenvalue weighted by molar-refractivity contribution is -0.152. The summed E-state index contributed by atoms with van der Waals surface area (Å²) in [5.74, 6) is -1.68. The third-order valence-electron chi connectivity index (χ3n) is 3.50. The molecule has 3 heteroatoms. The number of carboxylic acids is 1. The maximum absolute atomic E-state index is 12.4. The molecule has 0 aliphatic heterocycles. The second-order valence-corrected chi connectivity index (χ2v) is 5.43. The lowest BCUT2D eigenvalue weighted by Crippen LogP contribution is -2.41. The molecule has 0 aliphatic carbocycles. The van der Waals surface area contributed by atoms with Gasteiger partial charge in [-0.3, -0.25) is 9.59 Å². The number of ketones is 1. The van der Waals surface area contributed by atoms with Crippen LogP contribution in [0.4, 0.5) is 0 Å². The highest BCUT2D eigenvalue weighted by molar-refractivity contribution is 6.10. The summed E-state index contributed by atoms with van der Waals surface area (Å²) in [6, 6.07) is 0. The van der Waals surface area contributed by atoms with Crippen LogP contribution in [0, 0.1) is 11.3 Å². The van der Waals surface area contributed by atoms with Gasteiger partial charge in [0, 0.05) is 0 Å². The highest BCUT2D eigenvalue weighted by Crippen LogP contribution is 2.32. The second kappa shape index (κ2) is 9.51. The van der Waals surface area contributed by atoms with Crippen molar-refractivity contribution in [1.29, 1.82) is 0 Å². The van der Waals surface area contributed by atoms with Gasteiger partial charge in [0.15, 0.2) is 11.2 Å². The van der Waals surface area contributed by atoms with Crippen molar-refractivity contribution in [2.45, 2.75) is 59.8 Å². The van der Waals surface area contributed by atoms with Crippen LogP contribution in [-0.2, 0) is 9.59 Å². The topological polar surface area (TPSA) is 54.4 Å². The van der Waals surface area contributed by atoms with Crippen LogP contribution in [0.2, 0.25) is 0 Å². The fourth-order valence-electron chi connectivity index (χ4n) is 2.07. The number of hydrogen-bond acceptors (Lipinski definition) is 2. The number of rotatable bonds is 10. The molecule has 114 valence electrons. The molecule has 1 unspecified atom stereocenters. The van der Waals surface area contributed by atoms with Crippen molar-refractivity contribution >= 4 is 11.8 Å². The summed E-state index contributed by atoms with van der Waals surface area (Å²) in [6.45, 7) is 7.67. The summed E-state index contributed by atoms with van der Waals surface area (Å²) >= 11 is 0. The molecule has 0 spiro atoms. The van der Waals surface area contributed by atoms with Gasteiger partial charge in [0.1, 0.15) is 0 Å². The predicted molar refractivity (Wildman–Crippen MR) is 82.6 cm³/mol. The maximum atomic E-state index is 12.4. The SMILES string of the molecule is CCCC=CC(=O)C(C=CCCCC)(C(=O)O)C(C)C. The third kappa shape index (κ3) is 4.95. The maximum Gasteiger partial charge on any atom is 0.321 e. The molecule has 0 fully saturated rings. The fraction of sp³-hybridized carbons (Fsp3) is 0.647. The average Bonchev–Trinajstić information content (AvgIpc) is 2.38. The molecular formula is C17H28O3. The Morgan fingerprint density at radius 3 is 2.20 bits per heavy atom. The minimum absolute atomic E-state index is 0.281. The fourth-order valence-corrected chi connectivity index (χ4v) is 2.07. The van der Waals surface area contributed by atoms with Crippen LogP contribution in [0.15, 0.2) is 24.3 Å². The van der Waals surface area contributed by atoms with Crippen molar-refractivity contribution in [3.63, 3.8) is 0 Å². The molecule has 1 N–H and O–H groups in total. The normalized spacial score (nSPS) is 15.1. The van der Waals surface area contributed by atoms with Gasteiger partial charge in [0.2, 0.25) is 0 Å². The third-order valence-corrected chi connectivity index (χ3v) is 3.50. The first kappa shape index (κ1) is 18.6. The van der Waals surface area contributed by atoms with Crippen molar-refractivity contribution in [2.24, 2.45) is 11.3 Å². The average molecular weight is 280 g/mol. The minimum Gasteiger partial charge on any atom is -0.480 e. The first-order valence-corrected chi connectivity index (χ1v) is 7.55. The van der Waals surface area contributed by atoms with Gasteiger partial charge in [-0.25, -0.2) is 0 Å². The summed E-state index contributed by atoms with van der Waals surface area (Å²) in [7, 11) is 0. The smallest absolute Gasteiger partial charge is 0.321 e.